The van der Waals surface area contributed by atoms with E-state index in [-0.39, 0.29) is 0 Å². The van der Waals surface area contributed by atoms with E-state index in [2.05, 4.69) is 11.1 Å². The second kappa shape index (κ2) is 7.06. The molecule has 2 aromatic rings. The van der Waals surface area contributed by atoms with Crippen LogP contribution in [0.2, 0.25) is 0 Å². The first kappa shape index (κ1) is 18.4. The van der Waals surface area contributed by atoms with Gasteiger partial charge < -0.3 is 4.90 Å². The molecule has 0 radical (unpaired) electrons. The van der Waals surface area contributed by atoms with Crippen LogP contribution in [0.15, 0.2) is 35.2 Å². The molecule has 0 N–H and O–H groups in total. The predicted molar refractivity (Wildman–Crippen MR) is 101 cm³/mol. The monoisotopic (exact) mass is 370 g/mol. The molecule has 7 heteroatoms. The maximum Gasteiger partial charge on any atom is 0.243 e. The van der Waals surface area contributed by atoms with Crippen molar-refractivity contribution in [2.75, 3.05) is 31.1 Å². The van der Waals surface area contributed by atoms with E-state index in [4.69, 9.17) is 0 Å². The van der Waals surface area contributed by atoms with Crippen molar-refractivity contribution in [2.24, 2.45) is 0 Å². The van der Waals surface area contributed by atoms with Crippen LogP contribution in [-0.2, 0) is 10.0 Å². The van der Waals surface area contributed by atoms with Crippen LogP contribution in [0.5, 0.6) is 0 Å². The van der Waals surface area contributed by atoms with Crippen LogP contribution in [0, 0.1) is 32.1 Å². The molecule has 26 heavy (non-hydrogen) atoms. The van der Waals surface area contributed by atoms with Crippen molar-refractivity contribution in [3.05, 3.63) is 52.7 Å². The molecule has 1 aliphatic heterocycles. The van der Waals surface area contributed by atoms with Crippen LogP contribution in [0.3, 0.4) is 0 Å². The molecule has 0 atom stereocenters. The number of benzene rings is 1. The lowest BCUT2D eigenvalue weighted by molar-refractivity contribution is 0.383. The van der Waals surface area contributed by atoms with Crippen molar-refractivity contribution in [1.82, 2.24) is 9.29 Å². The van der Waals surface area contributed by atoms with E-state index in [1.807, 2.05) is 43.9 Å². The average Bonchev–Trinajstić information content (AvgIpc) is 2.61. The summed E-state index contributed by atoms with van der Waals surface area (Å²) in [5, 5.41) is 9.45. The lowest BCUT2D eigenvalue weighted by Crippen LogP contribution is -2.49. The summed E-state index contributed by atoms with van der Waals surface area (Å²) in [5.41, 5.74) is 3.33. The Labute approximate surface area is 154 Å². The highest BCUT2D eigenvalue weighted by Gasteiger charge is 2.29. The van der Waals surface area contributed by atoms with Crippen molar-refractivity contribution in [1.29, 1.82) is 5.26 Å². The van der Waals surface area contributed by atoms with Crippen molar-refractivity contribution < 1.29 is 8.42 Å². The summed E-state index contributed by atoms with van der Waals surface area (Å²) < 4.78 is 27.1. The molecule has 1 aliphatic rings. The maximum atomic E-state index is 12.8. The number of hydrogen-bond donors (Lipinski definition) is 0. The smallest absolute Gasteiger partial charge is 0.243 e. The Balaban J connectivity index is 1.80. The fraction of sp³-hybridized carbons (Fsp3) is 0.368. The summed E-state index contributed by atoms with van der Waals surface area (Å²) in [6.07, 6.45) is 0. The lowest BCUT2D eigenvalue weighted by atomic mass is 10.1. The zero-order chi connectivity index (χ0) is 18.9. The molecule has 1 saturated heterocycles. The van der Waals surface area contributed by atoms with Gasteiger partial charge in [0.15, 0.2) is 0 Å². The number of pyridine rings is 1. The minimum absolute atomic E-state index is 0.318. The number of piperazine rings is 1. The van der Waals surface area contributed by atoms with E-state index in [1.165, 1.54) is 4.31 Å². The number of aromatic nitrogens is 1. The Bertz CT molecular complexity index is 954. The first-order valence-corrected chi connectivity index (χ1v) is 9.97. The number of hydrogen-bond acceptors (Lipinski definition) is 5. The molecule has 0 amide bonds. The topological polar surface area (TPSA) is 77.3 Å². The molecule has 0 saturated carbocycles. The van der Waals surface area contributed by atoms with Gasteiger partial charge in [-0.05, 0) is 44.5 Å². The van der Waals surface area contributed by atoms with Gasteiger partial charge in [-0.1, -0.05) is 17.7 Å². The van der Waals surface area contributed by atoms with Crippen molar-refractivity contribution in [2.45, 2.75) is 25.7 Å². The Morgan fingerprint density at radius 2 is 1.65 bits per heavy atom. The van der Waals surface area contributed by atoms with Gasteiger partial charge >= 0.3 is 0 Å². The standard InChI is InChI=1S/C19H22N4O2S/c1-14-4-6-17(7-5-14)26(24,25)23-10-8-22(9-11-23)19-18(13-20)15(2)12-16(3)21-19/h4-7,12H,8-11H2,1-3H3. The molecule has 0 unspecified atom stereocenters. The van der Waals surface area contributed by atoms with Crippen LogP contribution >= 0.6 is 0 Å². The summed E-state index contributed by atoms with van der Waals surface area (Å²) in [7, 11) is -3.50. The quantitative estimate of drug-likeness (QED) is 0.829. The number of nitrogens with zero attached hydrogens (tertiary/aromatic N) is 4. The first-order chi connectivity index (χ1) is 12.3. The molecule has 1 aromatic carbocycles. The fourth-order valence-electron chi connectivity index (χ4n) is 3.18. The SMILES string of the molecule is Cc1ccc(S(=O)(=O)N2CCN(c3nc(C)cc(C)c3C#N)CC2)cc1. The van der Waals surface area contributed by atoms with Gasteiger partial charge in [-0.15, -0.1) is 0 Å². The molecule has 0 bridgehead atoms. The van der Waals surface area contributed by atoms with E-state index < -0.39 is 10.0 Å². The van der Waals surface area contributed by atoms with Crippen LogP contribution in [0.1, 0.15) is 22.4 Å². The molecular formula is C19H22N4O2S. The van der Waals surface area contributed by atoms with Gasteiger partial charge in [-0.3, -0.25) is 0 Å². The van der Waals surface area contributed by atoms with Crippen LogP contribution in [0.4, 0.5) is 5.82 Å². The van der Waals surface area contributed by atoms with Gasteiger partial charge in [-0.25, -0.2) is 13.4 Å². The Morgan fingerprint density at radius 1 is 1.04 bits per heavy atom. The van der Waals surface area contributed by atoms with E-state index in [0.717, 1.165) is 16.8 Å². The minimum atomic E-state index is -3.50. The fourth-order valence-corrected chi connectivity index (χ4v) is 4.61. The van der Waals surface area contributed by atoms with Gasteiger partial charge in [0.2, 0.25) is 10.0 Å². The molecule has 136 valence electrons. The second-order valence-corrected chi connectivity index (χ2v) is 8.53. The van der Waals surface area contributed by atoms with Gasteiger partial charge in [0.1, 0.15) is 11.9 Å². The summed E-state index contributed by atoms with van der Waals surface area (Å²) in [4.78, 5) is 6.84. The molecular weight excluding hydrogens is 348 g/mol. The summed E-state index contributed by atoms with van der Waals surface area (Å²) in [6, 6.07) is 11.0. The number of sulfonamides is 1. The Hall–Kier alpha value is -2.43. The van der Waals surface area contributed by atoms with Crippen molar-refractivity contribution in [3.8, 4) is 6.07 Å². The van der Waals surface area contributed by atoms with Gasteiger partial charge in [0.25, 0.3) is 0 Å². The lowest BCUT2D eigenvalue weighted by Gasteiger charge is -2.35. The van der Waals surface area contributed by atoms with E-state index in [1.54, 1.807) is 12.1 Å². The largest absolute Gasteiger partial charge is 0.353 e. The summed E-state index contributed by atoms with van der Waals surface area (Å²) >= 11 is 0. The maximum absolute atomic E-state index is 12.8. The zero-order valence-electron chi connectivity index (χ0n) is 15.2. The highest BCUT2D eigenvalue weighted by molar-refractivity contribution is 7.89. The highest BCUT2D eigenvalue weighted by atomic mass is 32.2. The molecule has 0 spiro atoms. The number of rotatable bonds is 3. The Morgan fingerprint density at radius 3 is 2.23 bits per heavy atom. The highest BCUT2D eigenvalue weighted by Crippen LogP contribution is 2.25. The number of anilines is 1. The molecule has 0 aliphatic carbocycles. The average molecular weight is 370 g/mol. The van der Waals surface area contributed by atoms with Crippen LogP contribution in [0.25, 0.3) is 0 Å². The van der Waals surface area contributed by atoms with Crippen LogP contribution < -0.4 is 4.90 Å². The van der Waals surface area contributed by atoms with E-state index in [0.29, 0.717) is 42.5 Å². The Kier molecular flexibility index (Phi) is 4.99. The van der Waals surface area contributed by atoms with E-state index in [9.17, 15) is 13.7 Å². The van der Waals surface area contributed by atoms with Crippen molar-refractivity contribution >= 4 is 15.8 Å². The number of nitriles is 1. The number of aryl methyl sites for hydroxylation is 3. The first-order valence-electron chi connectivity index (χ1n) is 8.53. The summed E-state index contributed by atoms with van der Waals surface area (Å²) in [5.74, 6) is 0.650. The molecule has 1 aromatic heterocycles. The third kappa shape index (κ3) is 3.43. The molecule has 3 rings (SSSR count). The van der Waals surface area contributed by atoms with Crippen LogP contribution in [-0.4, -0.2) is 43.9 Å². The normalized spacial score (nSPS) is 15.7. The van der Waals surface area contributed by atoms with Gasteiger partial charge in [0, 0.05) is 31.9 Å². The minimum Gasteiger partial charge on any atom is -0.353 e. The zero-order valence-corrected chi connectivity index (χ0v) is 16.0. The second-order valence-electron chi connectivity index (χ2n) is 6.60. The molecule has 6 nitrogen and oxygen atoms in total. The van der Waals surface area contributed by atoms with Gasteiger partial charge in [0.05, 0.1) is 10.5 Å². The molecule has 2 heterocycles. The summed E-state index contributed by atoms with van der Waals surface area (Å²) in [6.45, 7) is 7.49. The van der Waals surface area contributed by atoms with Crippen molar-refractivity contribution in [3.63, 3.8) is 0 Å². The molecule has 1 fully saturated rings. The third-order valence-corrected chi connectivity index (χ3v) is 6.55. The predicted octanol–water partition coefficient (Wildman–Crippen LogP) is 2.39. The van der Waals surface area contributed by atoms with E-state index >= 15 is 0 Å². The third-order valence-electron chi connectivity index (χ3n) is 4.63. The van der Waals surface area contributed by atoms with Gasteiger partial charge in [-0.2, -0.15) is 9.57 Å².